The van der Waals surface area contributed by atoms with Gasteiger partial charge in [0.2, 0.25) is 5.91 Å². The van der Waals surface area contributed by atoms with Gasteiger partial charge >= 0.3 is 0 Å². The molecule has 2 N–H and O–H groups in total. The van der Waals surface area contributed by atoms with Crippen molar-refractivity contribution in [3.05, 3.63) is 0 Å². The molecule has 1 saturated heterocycles. The standard InChI is InChI=1S/C14H26N2O2/c1-2-18-12(10-15)9-14(17)16-8-7-11-5-3-4-6-13(11)16/h11-13H,2-10,15H2,1H3. The van der Waals surface area contributed by atoms with Gasteiger partial charge in [-0.2, -0.15) is 0 Å². The maximum absolute atomic E-state index is 12.3. The average molecular weight is 254 g/mol. The van der Waals surface area contributed by atoms with E-state index in [0.717, 1.165) is 12.5 Å². The fraction of sp³-hybridized carbons (Fsp3) is 0.929. The average Bonchev–Trinajstić information content (AvgIpc) is 2.82. The molecule has 0 radical (unpaired) electrons. The molecule has 104 valence electrons. The van der Waals surface area contributed by atoms with Gasteiger partial charge < -0.3 is 15.4 Å². The predicted octanol–water partition coefficient (Wildman–Crippen LogP) is 1.53. The van der Waals surface area contributed by atoms with E-state index in [9.17, 15) is 4.79 Å². The SMILES string of the molecule is CCOC(CN)CC(=O)N1CCC2CCCCC21. The highest BCUT2D eigenvalue weighted by atomic mass is 16.5. The molecule has 3 atom stereocenters. The first-order chi connectivity index (χ1) is 8.76. The van der Waals surface area contributed by atoms with E-state index in [2.05, 4.69) is 4.90 Å². The van der Waals surface area contributed by atoms with Crippen LogP contribution in [0.4, 0.5) is 0 Å². The Morgan fingerprint density at radius 1 is 1.39 bits per heavy atom. The van der Waals surface area contributed by atoms with Crippen molar-refractivity contribution in [2.75, 3.05) is 19.7 Å². The molecule has 0 aromatic heterocycles. The maximum Gasteiger partial charge on any atom is 0.225 e. The number of fused-ring (bicyclic) bond motifs is 1. The van der Waals surface area contributed by atoms with E-state index in [-0.39, 0.29) is 12.0 Å². The number of nitrogens with zero attached hydrogens (tertiary/aromatic N) is 1. The Morgan fingerprint density at radius 2 is 2.17 bits per heavy atom. The highest BCUT2D eigenvalue weighted by molar-refractivity contribution is 5.77. The lowest BCUT2D eigenvalue weighted by atomic mass is 9.85. The van der Waals surface area contributed by atoms with Crippen LogP contribution >= 0.6 is 0 Å². The van der Waals surface area contributed by atoms with Gasteiger partial charge in [0.25, 0.3) is 0 Å². The Hall–Kier alpha value is -0.610. The van der Waals surface area contributed by atoms with E-state index < -0.39 is 0 Å². The molecule has 1 amide bonds. The molecule has 1 heterocycles. The molecule has 1 aliphatic carbocycles. The number of amides is 1. The zero-order valence-corrected chi connectivity index (χ0v) is 11.4. The fourth-order valence-electron chi connectivity index (χ4n) is 3.47. The number of hydrogen-bond acceptors (Lipinski definition) is 3. The summed E-state index contributed by atoms with van der Waals surface area (Å²) in [6, 6.07) is 0.506. The lowest BCUT2D eigenvalue weighted by molar-refractivity contribution is -0.135. The largest absolute Gasteiger partial charge is 0.377 e. The van der Waals surface area contributed by atoms with Crippen molar-refractivity contribution >= 4 is 5.91 Å². The minimum absolute atomic E-state index is 0.106. The number of ether oxygens (including phenoxy) is 1. The zero-order chi connectivity index (χ0) is 13.0. The number of hydrogen-bond donors (Lipinski definition) is 1. The van der Waals surface area contributed by atoms with Gasteiger partial charge in [-0.3, -0.25) is 4.79 Å². The van der Waals surface area contributed by atoms with Crippen LogP contribution in [-0.2, 0) is 9.53 Å². The van der Waals surface area contributed by atoms with Crippen molar-refractivity contribution in [1.29, 1.82) is 0 Å². The Bertz CT molecular complexity index is 283. The lowest BCUT2D eigenvalue weighted by Gasteiger charge is -2.32. The van der Waals surface area contributed by atoms with Crippen LogP contribution in [0, 0.1) is 5.92 Å². The smallest absolute Gasteiger partial charge is 0.225 e. The molecule has 0 spiro atoms. The molecule has 2 fully saturated rings. The molecule has 4 heteroatoms. The number of carbonyl (C=O) groups excluding carboxylic acids is 1. The first-order valence-electron chi connectivity index (χ1n) is 7.37. The lowest BCUT2D eigenvalue weighted by Crippen LogP contribution is -2.41. The van der Waals surface area contributed by atoms with Crippen LogP contribution < -0.4 is 5.73 Å². The van der Waals surface area contributed by atoms with Gasteiger partial charge in [-0.25, -0.2) is 0 Å². The molecular weight excluding hydrogens is 228 g/mol. The highest BCUT2D eigenvalue weighted by Gasteiger charge is 2.38. The Balaban J connectivity index is 1.88. The van der Waals surface area contributed by atoms with Crippen LogP contribution in [0.5, 0.6) is 0 Å². The van der Waals surface area contributed by atoms with Gasteiger partial charge in [0.1, 0.15) is 0 Å². The molecule has 0 aromatic carbocycles. The summed E-state index contributed by atoms with van der Waals surface area (Å²) < 4.78 is 5.48. The molecule has 0 bridgehead atoms. The summed E-state index contributed by atoms with van der Waals surface area (Å²) in [5.41, 5.74) is 5.64. The van der Waals surface area contributed by atoms with Crippen LogP contribution in [0.3, 0.4) is 0 Å². The number of rotatable bonds is 5. The second-order valence-corrected chi connectivity index (χ2v) is 5.50. The van der Waals surface area contributed by atoms with Gasteiger partial charge in [-0.05, 0) is 32.1 Å². The van der Waals surface area contributed by atoms with E-state index in [0.29, 0.717) is 25.6 Å². The normalized spacial score (nSPS) is 29.1. The molecular formula is C14H26N2O2. The molecule has 2 rings (SSSR count). The van der Waals surface area contributed by atoms with Crippen LogP contribution in [0.25, 0.3) is 0 Å². The minimum Gasteiger partial charge on any atom is -0.377 e. The Morgan fingerprint density at radius 3 is 2.89 bits per heavy atom. The highest BCUT2D eigenvalue weighted by Crippen LogP contribution is 2.36. The van der Waals surface area contributed by atoms with Gasteiger partial charge in [-0.15, -0.1) is 0 Å². The third kappa shape index (κ3) is 3.04. The van der Waals surface area contributed by atoms with Gasteiger partial charge in [0.15, 0.2) is 0 Å². The van der Waals surface area contributed by atoms with Crippen LogP contribution in [-0.4, -0.2) is 42.6 Å². The van der Waals surface area contributed by atoms with E-state index in [1.165, 1.54) is 32.1 Å². The van der Waals surface area contributed by atoms with Crippen molar-refractivity contribution in [1.82, 2.24) is 4.90 Å². The van der Waals surface area contributed by atoms with Crippen LogP contribution in [0.1, 0.15) is 45.4 Å². The minimum atomic E-state index is -0.106. The summed E-state index contributed by atoms with van der Waals surface area (Å²) in [6.45, 7) is 3.94. The summed E-state index contributed by atoms with van der Waals surface area (Å²) in [5, 5.41) is 0. The van der Waals surface area contributed by atoms with Crippen molar-refractivity contribution < 1.29 is 9.53 Å². The second kappa shape index (κ2) is 6.53. The molecule has 1 aliphatic heterocycles. The van der Waals surface area contributed by atoms with Gasteiger partial charge in [0.05, 0.1) is 12.5 Å². The quantitative estimate of drug-likeness (QED) is 0.809. The molecule has 3 unspecified atom stereocenters. The first-order valence-corrected chi connectivity index (χ1v) is 7.37. The predicted molar refractivity (Wildman–Crippen MR) is 71.2 cm³/mol. The molecule has 4 nitrogen and oxygen atoms in total. The zero-order valence-electron chi connectivity index (χ0n) is 11.4. The van der Waals surface area contributed by atoms with Gasteiger partial charge in [-0.1, -0.05) is 12.8 Å². The second-order valence-electron chi connectivity index (χ2n) is 5.50. The van der Waals surface area contributed by atoms with E-state index >= 15 is 0 Å². The topological polar surface area (TPSA) is 55.6 Å². The Labute approximate surface area is 110 Å². The first kappa shape index (κ1) is 13.8. The number of likely N-dealkylation sites (tertiary alicyclic amines) is 1. The van der Waals surface area contributed by atoms with E-state index in [1.54, 1.807) is 0 Å². The van der Waals surface area contributed by atoms with E-state index in [1.807, 2.05) is 6.92 Å². The summed E-state index contributed by atoms with van der Waals surface area (Å²) in [6.07, 6.45) is 6.65. The number of nitrogens with two attached hydrogens (primary N) is 1. The fourth-order valence-corrected chi connectivity index (χ4v) is 3.47. The maximum atomic E-state index is 12.3. The van der Waals surface area contributed by atoms with E-state index in [4.69, 9.17) is 10.5 Å². The van der Waals surface area contributed by atoms with Crippen molar-refractivity contribution in [2.24, 2.45) is 11.7 Å². The van der Waals surface area contributed by atoms with Crippen molar-refractivity contribution in [3.8, 4) is 0 Å². The third-order valence-electron chi connectivity index (χ3n) is 4.40. The van der Waals surface area contributed by atoms with Crippen molar-refractivity contribution in [2.45, 2.75) is 57.6 Å². The van der Waals surface area contributed by atoms with Crippen LogP contribution in [0.15, 0.2) is 0 Å². The summed E-state index contributed by atoms with van der Waals surface area (Å²) in [5.74, 6) is 0.999. The van der Waals surface area contributed by atoms with Crippen molar-refractivity contribution in [3.63, 3.8) is 0 Å². The molecule has 18 heavy (non-hydrogen) atoms. The summed E-state index contributed by atoms with van der Waals surface area (Å²) in [7, 11) is 0. The third-order valence-corrected chi connectivity index (χ3v) is 4.40. The molecule has 0 aromatic rings. The summed E-state index contributed by atoms with van der Waals surface area (Å²) >= 11 is 0. The molecule has 1 saturated carbocycles. The van der Waals surface area contributed by atoms with Crippen LogP contribution in [0.2, 0.25) is 0 Å². The molecule has 2 aliphatic rings. The van der Waals surface area contributed by atoms with Gasteiger partial charge in [0, 0.05) is 25.7 Å². The monoisotopic (exact) mass is 254 g/mol. The Kier molecular flexibility index (Phi) is 5.01. The number of carbonyl (C=O) groups is 1. The summed E-state index contributed by atoms with van der Waals surface area (Å²) in [4.78, 5) is 14.4.